The van der Waals surface area contributed by atoms with Gasteiger partial charge in [0, 0.05) is 36.0 Å². The van der Waals surface area contributed by atoms with Crippen molar-refractivity contribution in [2.45, 2.75) is 50.4 Å². The first-order valence-corrected chi connectivity index (χ1v) is 15.0. The highest BCUT2D eigenvalue weighted by molar-refractivity contribution is 6.31. The smallest absolute Gasteiger partial charge is 0.336 e. The van der Waals surface area contributed by atoms with Gasteiger partial charge in [-0.1, -0.05) is 48.0 Å². The van der Waals surface area contributed by atoms with Crippen LogP contribution in [-0.4, -0.2) is 81.9 Å². The second-order valence-corrected chi connectivity index (χ2v) is 11.2. The van der Waals surface area contributed by atoms with Crippen LogP contribution in [0.4, 0.5) is 0 Å². The maximum atomic E-state index is 13.1. The van der Waals surface area contributed by atoms with Gasteiger partial charge in [0.15, 0.2) is 5.90 Å². The van der Waals surface area contributed by atoms with E-state index in [4.69, 9.17) is 35.3 Å². The Morgan fingerprint density at radius 2 is 1.98 bits per heavy atom. The molecule has 4 atom stereocenters. The molecule has 44 heavy (non-hydrogen) atoms. The summed E-state index contributed by atoms with van der Waals surface area (Å²) < 4.78 is 27.6. The number of hydrogen-bond acceptors (Lipinski definition) is 10. The minimum atomic E-state index is -1.42. The summed E-state index contributed by atoms with van der Waals surface area (Å²) in [4.78, 5) is 48.3. The molecule has 1 amide bonds. The molecule has 0 aromatic heterocycles. The number of dihydropyridines is 1. The van der Waals surface area contributed by atoms with Gasteiger partial charge in [-0.15, -0.1) is 0 Å². The number of ether oxygens (including phenoxy) is 5. The molecule has 3 heterocycles. The number of aliphatic imine (C=N–C) groups is 2. The van der Waals surface area contributed by atoms with Crippen molar-refractivity contribution in [2.75, 3.05) is 40.6 Å². The molecule has 1 aromatic carbocycles. The summed E-state index contributed by atoms with van der Waals surface area (Å²) in [5.41, 5.74) is 2.72. The Morgan fingerprint density at radius 3 is 2.68 bits per heavy atom. The molecule has 1 aliphatic carbocycles. The van der Waals surface area contributed by atoms with Crippen molar-refractivity contribution in [1.82, 2.24) is 5.32 Å². The molecular formula is C32H36ClN3O8. The number of hydrogen-bond donors (Lipinski definition) is 1. The average Bonchev–Trinajstić information content (AvgIpc) is 3.01. The van der Waals surface area contributed by atoms with Crippen LogP contribution in [-0.2, 0) is 38.1 Å². The van der Waals surface area contributed by atoms with Gasteiger partial charge in [0.25, 0.3) is 11.7 Å². The van der Waals surface area contributed by atoms with Crippen molar-refractivity contribution in [2.24, 2.45) is 15.9 Å². The van der Waals surface area contributed by atoms with Crippen LogP contribution in [0.5, 0.6) is 0 Å². The van der Waals surface area contributed by atoms with Crippen LogP contribution in [0, 0.1) is 5.92 Å². The summed E-state index contributed by atoms with van der Waals surface area (Å²) in [5.74, 6) is -4.26. The minimum absolute atomic E-state index is 0.0447. The van der Waals surface area contributed by atoms with Gasteiger partial charge in [-0.2, -0.15) is 0 Å². The van der Waals surface area contributed by atoms with Crippen LogP contribution < -0.4 is 5.32 Å². The highest BCUT2D eigenvalue weighted by atomic mass is 35.5. The van der Waals surface area contributed by atoms with Crippen molar-refractivity contribution in [1.29, 1.82) is 0 Å². The van der Waals surface area contributed by atoms with Crippen molar-refractivity contribution in [3.63, 3.8) is 0 Å². The zero-order chi connectivity index (χ0) is 31.3. The molecular weight excluding hydrogens is 590 g/mol. The number of halogens is 1. The van der Waals surface area contributed by atoms with Gasteiger partial charge >= 0.3 is 11.9 Å². The SMILES string of the molecule is COC(=O)C1=C(COCCNC(=O)C2(OC3=NC4C=CCCC4=CC3)CCO2)N=C(C)C(C(=O)OC)C1c1ccccc1Cl. The fourth-order valence-electron chi connectivity index (χ4n) is 5.80. The number of nitrogens with zero attached hydrogens (tertiary/aromatic N) is 2. The lowest BCUT2D eigenvalue weighted by Crippen LogP contribution is -2.59. The highest BCUT2D eigenvalue weighted by Crippen LogP contribution is 2.42. The van der Waals surface area contributed by atoms with Crippen LogP contribution in [0.3, 0.4) is 0 Å². The molecule has 12 heteroatoms. The first-order valence-electron chi connectivity index (χ1n) is 14.6. The first-order chi connectivity index (χ1) is 21.3. The molecule has 1 N–H and O–H groups in total. The zero-order valence-electron chi connectivity index (χ0n) is 25.0. The number of allylic oxidation sites excluding steroid dienone is 1. The Hall–Kier alpha value is -3.80. The Labute approximate surface area is 261 Å². The summed E-state index contributed by atoms with van der Waals surface area (Å²) in [6.45, 7) is 2.27. The number of fused-ring (bicyclic) bond motifs is 1. The molecule has 4 unspecified atom stereocenters. The van der Waals surface area contributed by atoms with E-state index in [1.54, 1.807) is 31.2 Å². The Morgan fingerprint density at radius 1 is 1.18 bits per heavy atom. The number of methoxy groups -OCH3 is 2. The third-order valence-corrected chi connectivity index (χ3v) is 8.45. The number of nitrogens with one attached hydrogen (secondary N) is 1. The monoisotopic (exact) mass is 625 g/mol. The summed E-state index contributed by atoms with van der Waals surface area (Å²) in [6.07, 6.45) is 9.19. The van der Waals surface area contributed by atoms with Crippen LogP contribution in [0.15, 0.2) is 69.3 Å². The Balaban J connectivity index is 1.24. The van der Waals surface area contributed by atoms with Gasteiger partial charge in [0.2, 0.25) is 0 Å². The van der Waals surface area contributed by atoms with E-state index in [1.165, 1.54) is 19.8 Å². The second kappa shape index (κ2) is 13.9. The molecule has 0 spiro atoms. The van der Waals surface area contributed by atoms with Crippen molar-refractivity contribution in [3.05, 3.63) is 69.9 Å². The summed E-state index contributed by atoms with van der Waals surface area (Å²) >= 11 is 6.53. The van der Waals surface area contributed by atoms with Gasteiger partial charge < -0.3 is 29.0 Å². The maximum Gasteiger partial charge on any atom is 0.336 e. The molecule has 0 saturated carbocycles. The minimum Gasteiger partial charge on any atom is -0.468 e. The van der Waals surface area contributed by atoms with E-state index in [9.17, 15) is 14.4 Å². The fourth-order valence-corrected chi connectivity index (χ4v) is 6.06. The van der Waals surface area contributed by atoms with Crippen LogP contribution >= 0.6 is 11.6 Å². The average molecular weight is 626 g/mol. The molecule has 5 rings (SSSR count). The quantitative estimate of drug-likeness (QED) is 0.236. The van der Waals surface area contributed by atoms with E-state index in [0.717, 1.165) is 12.8 Å². The van der Waals surface area contributed by atoms with Crippen molar-refractivity contribution >= 4 is 41.1 Å². The van der Waals surface area contributed by atoms with E-state index >= 15 is 0 Å². The fraction of sp³-hybridized carbons (Fsp3) is 0.469. The lowest BCUT2D eigenvalue weighted by Gasteiger charge is -2.40. The van der Waals surface area contributed by atoms with Crippen molar-refractivity contribution < 1.29 is 38.1 Å². The number of rotatable bonds is 10. The van der Waals surface area contributed by atoms with E-state index in [1.807, 2.05) is 0 Å². The molecule has 234 valence electrons. The van der Waals surface area contributed by atoms with Crippen molar-refractivity contribution in [3.8, 4) is 0 Å². The molecule has 0 radical (unpaired) electrons. The summed E-state index contributed by atoms with van der Waals surface area (Å²) in [6, 6.07) is 6.92. The van der Waals surface area contributed by atoms with Crippen LogP contribution in [0.1, 0.15) is 44.1 Å². The largest absolute Gasteiger partial charge is 0.468 e. The van der Waals surface area contributed by atoms with E-state index in [0.29, 0.717) is 47.3 Å². The lowest BCUT2D eigenvalue weighted by atomic mass is 9.75. The van der Waals surface area contributed by atoms with Gasteiger partial charge in [-0.05, 0) is 37.0 Å². The number of benzene rings is 1. The van der Waals surface area contributed by atoms with Gasteiger partial charge in [0.05, 0.1) is 51.4 Å². The predicted octanol–water partition coefficient (Wildman–Crippen LogP) is 3.83. The number of esters is 2. The van der Waals surface area contributed by atoms with E-state index in [-0.39, 0.29) is 31.4 Å². The molecule has 1 aromatic rings. The first kappa shape index (κ1) is 31.6. The maximum absolute atomic E-state index is 13.1. The number of amides is 1. The van der Waals surface area contributed by atoms with E-state index in [2.05, 4.69) is 33.5 Å². The normalized spacial score (nSPS) is 25.9. The Bertz CT molecular complexity index is 1460. The second-order valence-electron chi connectivity index (χ2n) is 10.8. The van der Waals surface area contributed by atoms with Gasteiger partial charge in [-0.3, -0.25) is 14.6 Å². The standard InChI is InChI=1S/C32H36ClN3O8/c1-19-26(29(37)40-2)27(21-9-5-6-10-22(21)33)28(30(38)41-3)24(35-19)18-42-17-15-34-31(39)32(14-16-43-32)44-25-13-12-20-8-4-7-11-23(20)36-25/h5-7,9-12,23,26-27H,4,8,13-18H2,1-3H3,(H,34,39). The van der Waals surface area contributed by atoms with E-state index < -0.39 is 35.5 Å². The molecule has 4 aliphatic rings. The molecule has 11 nitrogen and oxygen atoms in total. The molecule has 1 fully saturated rings. The number of carbonyl (C=O) groups is 3. The third-order valence-electron chi connectivity index (χ3n) is 8.10. The topological polar surface area (TPSA) is 134 Å². The van der Waals surface area contributed by atoms with Gasteiger partial charge in [-0.25, -0.2) is 9.79 Å². The molecule has 1 saturated heterocycles. The molecule has 0 bridgehead atoms. The zero-order valence-corrected chi connectivity index (χ0v) is 25.7. The van der Waals surface area contributed by atoms with Crippen LogP contribution in [0.2, 0.25) is 5.02 Å². The summed E-state index contributed by atoms with van der Waals surface area (Å²) in [5, 5.41) is 3.19. The predicted molar refractivity (Wildman–Crippen MR) is 162 cm³/mol. The Kier molecular flexibility index (Phi) is 9.97. The third kappa shape index (κ3) is 6.50. The highest BCUT2D eigenvalue weighted by Gasteiger charge is 2.50. The summed E-state index contributed by atoms with van der Waals surface area (Å²) in [7, 11) is 2.53. The van der Waals surface area contributed by atoms with Crippen LogP contribution in [0.25, 0.3) is 0 Å². The van der Waals surface area contributed by atoms with Gasteiger partial charge in [0.1, 0.15) is 5.92 Å². The number of carbonyl (C=O) groups excluding carboxylic acids is 3. The lowest BCUT2D eigenvalue weighted by molar-refractivity contribution is -0.257. The molecule has 3 aliphatic heterocycles.